The first-order valence-corrected chi connectivity index (χ1v) is 12.6. The third-order valence-electron chi connectivity index (χ3n) is 6.65. The Bertz CT molecular complexity index is 1310. The number of thiophene rings is 1. The van der Waals surface area contributed by atoms with Crippen LogP contribution < -0.4 is 10.2 Å². The minimum atomic E-state index is -0.600. The molecular weight excluding hydrogens is 460 g/mol. The van der Waals surface area contributed by atoms with Crippen molar-refractivity contribution in [2.75, 3.05) is 17.3 Å². The summed E-state index contributed by atoms with van der Waals surface area (Å²) in [6.45, 7) is 1.82. The van der Waals surface area contributed by atoms with Crippen LogP contribution in [0.5, 0.6) is 0 Å². The van der Waals surface area contributed by atoms with E-state index in [1.807, 2.05) is 54.8 Å². The fraction of sp³-hybridized carbons (Fsp3) is 0.250. The van der Waals surface area contributed by atoms with E-state index in [0.29, 0.717) is 30.4 Å². The van der Waals surface area contributed by atoms with Crippen molar-refractivity contribution in [2.24, 2.45) is 0 Å². The maximum atomic E-state index is 13.8. The average Bonchev–Trinajstić information content (AvgIpc) is 3.38. The molecule has 1 N–H and O–H groups in total. The van der Waals surface area contributed by atoms with Crippen LogP contribution in [-0.4, -0.2) is 24.8 Å². The Kier molecular flexibility index (Phi) is 6.26. The lowest BCUT2D eigenvalue weighted by atomic mass is 9.80. The Morgan fingerprint density at radius 1 is 1.06 bits per heavy atom. The number of hydrogen-bond acceptors (Lipinski definition) is 6. The summed E-state index contributed by atoms with van der Waals surface area (Å²) < 4.78 is 4.84. The Hall–Kier alpha value is -3.71. The van der Waals surface area contributed by atoms with E-state index in [0.717, 1.165) is 22.6 Å². The van der Waals surface area contributed by atoms with E-state index in [1.165, 1.54) is 12.0 Å². The normalized spacial score (nSPS) is 19.4. The third-order valence-corrected chi connectivity index (χ3v) is 7.69. The number of para-hydroxylation sites is 2. The van der Waals surface area contributed by atoms with Gasteiger partial charge in [-0.1, -0.05) is 37.3 Å². The van der Waals surface area contributed by atoms with Gasteiger partial charge in [-0.25, -0.2) is 4.79 Å². The summed E-state index contributed by atoms with van der Waals surface area (Å²) in [6.07, 6.45) is 1.36. The van der Waals surface area contributed by atoms with Crippen LogP contribution in [0.2, 0.25) is 0 Å². The molecule has 3 aromatic rings. The minimum absolute atomic E-state index is 0.0286. The van der Waals surface area contributed by atoms with Crippen molar-refractivity contribution in [3.05, 3.63) is 93.3 Å². The molecule has 0 fully saturated rings. The van der Waals surface area contributed by atoms with Gasteiger partial charge in [0.05, 0.1) is 30.1 Å². The van der Waals surface area contributed by atoms with Crippen molar-refractivity contribution in [3.63, 3.8) is 0 Å². The highest BCUT2D eigenvalue weighted by Crippen LogP contribution is 2.48. The molecule has 0 saturated heterocycles. The predicted molar refractivity (Wildman–Crippen MR) is 137 cm³/mol. The molecule has 2 aliphatic rings. The third kappa shape index (κ3) is 4.17. The second-order valence-corrected chi connectivity index (χ2v) is 9.69. The number of hydrogen-bond donors (Lipinski definition) is 1. The first kappa shape index (κ1) is 23.1. The number of nitrogens with zero attached hydrogens (tertiary/aromatic N) is 1. The number of amides is 1. The first-order valence-electron chi connectivity index (χ1n) is 11.7. The Labute approximate surface area is 208 Å². The van der Waals surface area contributed by atoms with Crippen LogP contribution in [0.15, 0.2) is 77.3 Å². The first-order chi connectivity index (χ1) is 17.0. The van der Waals surface area contributed by atoms with Crippen molar-refractivity contribution < 1.29 is 19.1 Å². The van der Waals surface area contributed by atoms with Crippen molar-refractivity contribution >= 4 is 40.4 Å². The largest absolute Gasteiger partial charge is 0.465 e. The Morgan fingerprint density at radius 2 is 1.83 bits per heavy atom. The van der Waals surface area contributed by atoms with Gasteiger partial charge in [-0.15, -0.1) is 11.3 Å². The minimum Gasteiger partial charge on any atom is -0.465 e. The van der Waals surface area contributed by atoms with E-state index in [2.05, 4.69) is 11.4 Å². The second-order valence-electron chi connectivity index (χ2n) is 8.71. The molecule has 0 radical (unpaired) electrons. The van der Waals surface area contributed by atoms with Gasteiger partial charge < -0.3 is 10.1 Å². The number of methoxy groups -OCH3 is 1. The van der Waals surface area contributed by atoms with Gasteiger partial charge in [0, 0.05) is 34.9 Å². The summed E-state index contributed by atoms with van der Waals surface area (Å²) in [5.41, 5.74) is 4.18. The van der Waals surface area contributed by atoms with Crippen molar-refractivity contribution in [3.8, 4) is 0 Å². The number of esters is 1. The summed E-state index contributed by atoms with van der Waals surface area (Å²) in [5, 5.41) is 5.56. The number of rotatable bonds is 4. The lowest BCUT2D eigenvalue weighted by molar-refractivity contribution is -0.119. The fourth-order valence-corrected chi connectivity index (χ4v) is 5.83. The Balaban J connectivity index is 1.69. The maximum absolute atomic E-state index is 13.8. The summed E-state index contributed by atoms with van der Waals surface area (Å²) in [4.78, 5) is 42.1. The summed E-state index contributed by atoms with van der Waals surface area (Å²) in [6, 6.07) is 18.1. The van der Waals surface area contributed by atoms with Crippen molar-refractivity contribution in [2.45, 2.75) is 38.1 Å². The number of Topliss-reactive ketones (excluding diaryl/α,β-unsaturated/α-hetero) is 1. The van der Waals surface area contributed by atoms with E-state index in [1.54, 1.807) is 28.4 Å². The number of fused-ring (bicyclic) bond motifs is 1. The molecule has 2 heterocycles. The molecule has 1 aliphatic heterocycles. The lowest BCUT2D eigenvalue weighted by Crippen LogP contribution is -2.38. The highest BCUT2D eigenvalue weighted by atomic mass is 32.1. The van der Waals surface area contributed by atoms with Gasteiger partial charge >= 0.3 is 5.97 Å². The summed E-state index contributed by atoms with van der Waals surface area (Å²) in [5.74, 6) is -0.390. The van der Waals surface area contributed by atoms with Gasteiger partial charge in [-0.3, -0.25) is 14.5 Å². The van der Waals surface area contributed by atoms with Crippen LogP contribution in [0.3, 0.4) is 0 Å². The molecule has 2 atom stereocenters. The zero-order valence-corrected chi connectivity index (χ0v) is 20.4. The monoisotopic (exact) mass is 486 g/mol. The van der Waals surface area contributed by atoms with Gasteiger partial charge in [0.1, 0.15) is 0 Å². The molecule has 1 amide bonds. The van der Waals surface area contributed by atoms with Crippen LogP contribution >= 0.6 is 11.3 Å². The molecule has 2 aromatic carbocycles. The van der Waals surface area contributed by atoms with Gasteiger partial charge in [0.15, 0.2) is 5.78 Å². The van der Waals surface area contributed by atoms with Crippen LogP contribution in [0.25, 0.3) is 0 Å². The highest BCUT2D eigenvalue weighted by molar-refractivity contribution is 7.10. The van der Waals surface area contributed by atoms with Crippen LogP contribution in [0, 0.1) is 0 Å². The zero-order valence-electron chi connectivity index (χ0n) is 19.6. The molecule has 1 aliphatic carbocycles. The molecule has 35 heavy (non-hydrogen) atoms. The van der Waals surface area contributed by atoms with E-state index >= 15 is 0 Å². The second kappa shape index (κ2) is 9.50. The Morgan fingerprint density at radius 3 is 2.51 bits per heavy atom. The SMILES string of the molecule is CCC(=O)N1c2ccccc2NC2=C(C(=O)CC(c3cccs3)C2)C1c1ccc(C(=O)OC)cc1. The van der Waals surface area contributed by atoms with E-state index < -0.39 is 12.0 Å². The molecule has 0 saturated carbocycles. The standard InChI is InChI=1S/C28H26N2O4S/c1-3-25(32)30-22-8-5-4-7-20(22)29-21-15-19(24-9-6-14-35-24)16-23(31)26(21)27(30)17-10-12-18(13-11-17)28(33)34-2/h4-14,19,27,29H,3,15-16H2,1-2H3. The molecule has 0 bridgehead atoms. The van der Waals surface area contributed by atoms with Gasteiger partial charge in [-0.05, 0) is 47.7 Å². The van der Waals surface area contributed by atoms with Crippen LogP contribution in [-0.2, 0) is 14.3 Å². The molecule has 6 nitrogen and oxygen atoms in total. The molecule has 0 spiro atoms. The van der Waals surface area contributed by atoms with Crippen molar-refractivity contribution in [1.29, 1.82) is 0 Å². The summed E-state index contributed by atoms with van der Waals surface area (Å²) >= 11 is 1.66. The molecule has 7 heteroatoms. The van der Waals surface area contributed by atoms with Crippen molar-refractivity contribution in [1.82, 2.24) is 0 Å². The predicted octanol–water partition coefficient (Wildman–Crippen LogP) is 5.85. The van der Waals surface area contributed by atoms with Crippen LogP contribution in [0.1, 0.15) is 58.9 Å². The number of nitrogens with one attached hydrogen (secondary N) is 1. The van der Waals surface area contributed by atoms with E-state index in [9.17, 15) is 14.4 Å². The molecule has 5 rings (SSSR count). The molecular formula is C28H26N2O4S. The van der Waals surface area contributed by atoms with Gasteiger partial charge in [-0.2, -0.15) is 0 Å². The number of anilines is 2. The number of carbonyl (C=O) groups excluding carboxylic acids is 3. The fourth-order valence-electron chi connectivity index (χ4n) is 5.00. The number of carbonyl (C=O) groups is 3. The van der Waals surface area contributed by atoms with Gasteiger partial charge in [0.2, 0.25) is 5.91 Å². The van der Waals surface area contributed by atoms with Crippen LogP contribution in [0.4, 0.5) is 11.4 Å². The quantitative estimate of drug-likeness (QED) is 0.469. The summed E-state index contributed by atoms with van der Waals surface area (Å²) in [7, 11) is 1.34. The zero-order chi connectivity index (χ0) is 24.5. The van der Waals surface area contributed by atoms with E-state index in [-0.39, 0.29) is 17.6 Å². The topological polar surface area (TPSA) is 75.7 Å². The molecule has 1 aromatic heterocycles. The maximum Gasteiger partial charge on any atom is 0.337 e. The highest BCUT2D eigenvalue weighted by Gasteiger charge is 2.41. The number of benzene rings is 2. The number of ketones is 1. The lowest BCUT2D eigenvalue weighted by Gasteiger charge is -2.35. The molecule has 2 unspecified atom stereocenters. The number of ether oxygens (including phenoxy) is 1. The van der Waals surface area contributed by atoms with Gasteiger partial charge in [0.25, 0.3) is 0 Å². The molecule has 178 valence electrons. The smallest absolute Gasteiger partial charge is 0.337 e. The van der Waals surface area contributed by atoms with E-state index in [4.69, 9.17) is 4.74 Å². The average molecular weight is 487 g/mol. The number of allylic oxidation sites excluding steroid dienone is 1.